The van der Waals surface area contributed by atoms with Gasteiger partial charge in [-0.15, -0.1) is 0 Å². The number of aromatic nitrogens is 3. The highest BCUT2D eigenvalue weighted by atomic mass is 16.3. The minimum absolute atomic E-state index is 0.0378. The topological polar surface area (TPSA) is 68.9 Å². The van der Waals surface area contributed by atoms with E-state index in [2.05, 4.69) is 0 Å². The van der Waals surface area contributed by atoms with Crippen LogP contribution in [0.4, 0.5) is 0 Å². The van der Waals surface area contributed by atoms with Gasteiger partial charge in [0.2, 0.25) is 5.43 Å². The highest BCUT2D eigenvalue weighted by molar-refractivity contribution is 5.93. The Morgan fingerprint density at radius 2 is 0.974 bits per heavy atom. The van der Waals surface area contributed by atoms with Gasteiger partial charge in [0, 0.05) is 16.7 Å². The molecule has 0 bridgehead atoms. The number of nitrogens with zero attached hydrogens (tertiary/aromatic N) is 3. The van der Waals surface area contributed by atoms with E-state index in [1.54, 1.807) is 6.07 Å². The van der Waals surface area contributed by atoms with Crippen molar-refractivity contribution in [2.24, 2.45) is 0 Å². The third-order valence-electron chi connectivity index (χ3n) is 6.76. The van der Waals surface area contributed by atoms with E-state index >= 15 is 0 Å². The second-order valence-corrected chi connectivity index (χ2v) is 9.22. The first-order valence-corrected chi connectivity index (χ1v) is 12.7. The van der Waals surface area contributed by atoms with Gasteiger partial charge in [0.25, 0.3) is 0 Å². The SMILES string of the molecule is O=c1c2ccccc2oc2cc(-c3ccccc3-c3nc(-c4ccccc4)nc(-c4ccccc4)n3)ccc12. The molecule has 0 radical (unpaired) electrons. The van der Waals surface area contributed by atoms with Crippen LogP contribution in [0.5, 0.6) is 0 Å². The molecule has 2 heterocycles. The van der Waals surface area contributed by atoms with Gasteiger partial charge in [-0.1, -0.05) is 103 Å². The summed E-state index contributed by atoms with van der Waals surface area (Å²) in [5.41, 5.74) is 5.58. The number of rotatable bonds is 4. The van der Waals surface area contributed by atoms with E-state index < -0.39 is 0 Å². The van der Waals surface area contributed by atoms with Gasteiger partial charge in [0.05, 0.1) is 10.8 Å². The Morgan fingerprint density at radius 3 is 1.67 bits per heavy atom. The smallest absolute Gasteiger partial charge is 0.200 e. The van der Waals surface area contributed by atoms with E-state index in [1.165, 1.54) is 0 Å². The molecule has 0 amide bonds. The van der Waals surface area contributed by atoms with Gasteiger partial charge in [-0.2, -0.15) is 0 Å². The molecule has 184 valence electrons. The molecule has 2 aromatic heterocycles. The number of para-hydroxylation sites is 1. The van der Waals surface area contributed by atoms with Gasteiger partial charge in [-0.05, 0) is 35.4 Å². The zero-order chi connectivity index (χ0) is 26.2. The normalized spacial score (nSPS) is 11.2. The summed E-state index contributed by atoms with van der Waals surface area (Å²) in [4.78, 5) is 27.7. The highest BCUT2D eigenvalue weighted by Crippen LogP contribution is 2.34. The minimum Gasteiger partial charge on any atom is -0.456 e. The third kappa shape index (κ3) is 4.16. The molecular formula is C34H21N3O2. The molecule has 0 unspecified atom stereocenters. The largest absolute Gasteiger partial charge is 0.456 e. The molecule has 5 heteroatoms. The van der Waals surface area contributed by atoms with Crippen molar-refractivity contribution in [1.82, 2.24) is 15.0 Å². The van der Waals surface area contributed by atoms with Crippen molar-refractivity contribution in [2.75, 3.05) is 0 Å². The van der Waals surface area contributed by atoms with Gasteiger partial charge in [-0.3, -0.25) is 4.79 Å². The average Bonchev–Trinajstić information content (AvgIpc) is 3.01. The third-order valence-corrected chi connectivity index (χ3v) is 6.76. The fourth-order valence-electron chi connectivity index (χ4n) is 4.83. The number of hydrogen-bond donors (Lipinski definition) is 0. The Balaban J connectivity index is 1.43. The first-order chi connectivity index (χ1) is 19.2. The van der Waals surface area contributed by atoms with Crippen molar-refractivity contribution >= 4 is 21.9 Å². The molecule has 0 saturated heterocycles. The standard InChI is InChI=1S/C34H21N3O2/c38-31-27-17-9-10-18-29(27)39-30-21-24(19-20-28(30)31)25-15-7-8-16-26(25)34-36-32(22-11-3-1-4-12-22)35-33(37-34)23-13-5-2-6-14-23/h1-21H. The summed E-state index contributed by atoms with van der Waals surface area (Å²) in [6.07, 6.45) is 0. The maximum atomic E-state index is 13.1. The molecule has 0 spiro atoms. The van der Waals surface area contributed by atoms with Crippen molar-refractivity contribution in [3.8, 4) is 45.3 Å². The van der Waals surface area contributed by atoms with Crippen molar-refractivity contribution in [3.63, 3.8) is 0 Å². The second kappa shape index (κ2) is 9.47. The predicted octanol–water partition coefficient (Wildman–Crippen LogP) is 7.80. The molecule has 0 aliphatic carbocycles. The van der Waals surface area contributed by atoms with E-state index in [-0.39, 0.29) is 5.43 Å². The van der Waals surface area contributed by atoms with E-state index in [9.17, 15) is 4.79 Å². The molecule has 7 aromatic rings. The Morgan fingerprint density at radius 1 is 0.436 bits per heavy atom. The van der Waals surface area contributed by atoms with E-state index in [1.807, 2.05) is 121 Å². The molecule has 0 N–H and O–H groups in total. The lowest BCUT2D eigenvalue weighted by atomic mass is 9.97. The second-order valence-electron chi connectivity index (χ2n) is 9.22. The fraction of sp³-hybridized carbons (Fsp3) is 0. The summed E-state index contributed by atoms with van der Waals surface area (Å²) < 4.78 is 6.15. The predicted molar refractivity (Wildman–Crippen MR) is 155 cm³/mol. The molecule has 0 fully saturated rings. The monoisotopic (exact) mass is 503 g/mol. The molecule has 0 aliphatic rings. The van der Waals surface area contributed by atoms with Crippen molar-refractivity contribution in [1.29, 1.82) is 0 Å². The Kier molecular flexibility index (Phi) is 5.52. The van der Waals surface area contributed by atoms with Crippen LogP contribution in [-0.2, 0) is 0 Å². The first-order valence-electron chi connectivity index (χ1n) is 12.7. The zero-order valence-corrected chi connectivity index (χ0v) is 20.8. The molecule has 39 heavy (non-hydrogen) atoms. The maximum Gasteiger partial charge on any atom is 0.200 e. The summed E-state index contributed by atoms with van der Waals surface area (Å²) in [5.74, 6) is 1.77. The molecule has 0 atom stereocenters. The van der Waals surface area contributed by atoms with Crippen LogP contribution in [0, 0.1) is 0 Å². The molecule has 5 nitrogen and oxygen atoms in total. The van der Waals surface area contributed by atoms with E-state index in [4.69, 9.17) is 19.4 Å². The summed E-state index contributed by atoms with van der Waals surface area (Å²) in [5, 5.41) is 1.12. The minimum atomic E-state index is -0.0378. The first kappa shape index (κ1) is 22.8. The highest BCUT2D eigenvalue weighted by Gasteiger charge is 2.16. The lowest BCUT2D eigenvalue weighted by molar-refractivity contribution is 0.660. The molecule has 7 rings (SSSR count). The summed E-state index contributed by atoms with van der Waals surface area (Å²) >= 11 is 0. The quantitative estimate of drug-likeness (QED) is 0.229. The summed E-state index contributed by atoms with van der Waals surface area (Å²) in [7, 11) is 0. The number of hydrogen-bond acceptors (Lipinski definition) is 5. The van der Waals surface area contributed by atoms with Crippen LogP contribution in [0.1, 0.15) is 0 Å². The van der Waals surface area contributed by atoms with Crippen LogP contribution in [-0.4, -0.2) is 15.0 Å². The zero-order valence-electron chi connectivity index (χ0n) is 20.8. The van der Waals surface area contributed by atoms with E-state index in [0.717, 1.165) is 27.8 Å². The van der Waals surface area contributed by atoms with Crippen molar-refractivity contribution in [2.45, 2.75) is 0 Å². The Hall–Kier alpha value is -5.42. The number of benzene rings is 5. The van der Waals surface area contributed by atoms with Gasteiger partial charge >= 0.3 is 0 Å². The van der Waals surface area contributed by atoms with Crippen LogP contribution in [0.25, 0.3) is 67.2 Å². The lowest BCUT2D eigenvalue weighted by Gasteiger charge is -2.12. The average molecular weight is 504 g/mol. The number of fused-ring (bicyclic) bond motifs is 2. The molecular weight excluding hydrogens is 482 g/mol. The van der Waals surface area contributed by atoms with Crippen LogP contribution in [0.2, 0.25) is 0 Å². The Labute approximate surface area is 224 Å². The van der Waals surface area contributed by atoms with Crippen LogP contribution < -0.4 is 5.43 Å². The summed E-state index contributed by atoms with van der Waals surface area (Å²) in [6, 6.07) is 40.8. The summed E-state index contributed by atoms with van der Waals surface area (Å²) in [6.45, 7) is 0. The van der Waals surface area contributed by atoms with Crippen LogP contribution in [0.3, 0.4) is 0 Å². The molecule has 5 aromatic carbocycles. The van der Waals surface area contributed by atoms with Gasteiger partial charge in [0.15, 0.2) is 17.5 Å². The Bertz CT molecular complexity index is 1980. The lowest BCUT2D eigenvalue weighted by Crippen LogP contribution is -2.02. The van der Waals surface area contributed by atoms with Crippen LogP contribution >= 0.6 is 0 Å². The van der Waals surface area contributed by atoms with Gasteiger partial charge in [-0.25, -0.2) is 15.0 Å². The van der Waals surface area contributed by atoms with Crippen molar-refractivity contribution < 1.29 is 4.42 Å². The molecule has 0 aliphatic heterocycles. The van der Waals surface area contributed by atoms with E-state index in [0.29, 0.717) is 39.4 Å². The van der Waals surface area contributed by atoms with Crippen molar-refractivity contribution in [3.05, 3.63) is 138 Å². The molecule has 0 saturated carbocycles. The fourth-order valence-corrected chi connectivity index (χ4v) is 4.83. The van der Waals surface area contributed by atoms with Crippen LogP contribution in [0.15, 0.2) is 137 Å². The van der Waals surface area contributed by atoms with Gasteiger partial charge in [0.1, 0.15) is 11.2 Å². The maximum absolute atomic E-state index is 13.1. The van der Waals surface area contributed by atoms with Gasteiger partial charge < -0.3 is 4.42 Å².